The quantitative estimate of drug-likeness (QED) is 0.839. The highest BCUT2D eigenvalue weighted by Gasteiger charge is 2.29. The molecule has 3 rings (SSSR count). The van der Waals surface area contributed by atoms with Gasteiger partial charge in [0.2, 0.25) is 5.91 Å². The van der Waals surface area contributed by atoms with Crippen molar-refractivity contribution in [3.8, 4) is 5.75 Å². The number of amides is 1. The Balaban J connectivity index is 1.74. The van der Waals surface area contributed by atoms with Crippen molar-refractivity contribution in [3.63, 3.8) is 0 Å². The maximum absolute atomic E-state index is 12.7. The van der Waals surface area contributed by atoms with Crippen molar-refractivity contribution >= 4 is 17.5 Å². The van der Waals surface area contributed by atoms with Gasteiger partial charge < -0.3 is 9.64 Å². The van der Waals surface area contributed by atoms with Gasteiger partial charge in [-0.25, -0.2) is 0 Å². The fourth-order valence-electron chi connectivity index (χ4n) is 3.16. The SMILES string of the molecule is COc1cccc(CC(=O)N2CCCC2c2ccc(Cl)cc2)c1. The Hall–Kier alpha value is -2.00. The van der Waals surface area contributed by atoms with E-state index in [-0.39, 0.29) is 11.9 Å². The summed E-state index contributed by atoms with van der Waals surface area (Å²) in [5, 5.41) is 0.723. The molecule has 0 aromatic heterocycles. The van der Waals surface area contributed by atoms with E-state index >= 15 is 0 Å². The summed E-state index contributed by atoms with van der Waals surface area (Å²) in [6, 6.07) is 15.7. The zero-order valence-corrected chi connectivity index (χ0v) is 13.9. The summed E-state index contributed by atoms with van der Waals surface area (Å²) in [6.07, 6.45) is 2.45. The minimum absolute atomic E-state index is 0.158. The van der Waals surface area contributed by atoms with Gasteiger partial charge in [-0.1, -0.05) is 35.9 Å². The second-order valence-corrected chi connectivity index (χ2v) is 6.26. The normalized spacial score (nSPS) is 17.3. The number of benzene rings is 2. The molecular formula is C19H20ClNO2. The first-order chi connectivity index (χ1) is 11.2. The van der Waals surface area contributed by atoms with Crippen LogP contribution in [0.25, 0.3) is 0 Å². The van der Waals surface area contributed by atoms with E-state index in [4.69, 9.17) is 16.3 Å². The molecule has 3 nitrogen and oxygen atoms in total. The first kappa shape index (κ1) is 15.9. The Morgan fingerprint density at radius 3 is 2.78 bits per heavy atom. The third-order valence-corrected chi connectivity index (χ3v) is 4.57. The van der Waals surface area contributed by atoms with Gasteiger partial charge in [0.25, 0.3) is 0 Å². The monoisotopic (exact) mass is 329 g/mol. The predicted octanol–water partition coefficient (Wildman–Crippen LogP) is 4.25. The van der Waals surface area contributed by atoms with E-state index in [2.05, 4.69) is 0 Å². The fraction of sp³-hybridized carbons (Fsp3) is 0.316. The van der Waals surface area contributed by atoms with Gasteiger partial charge in [0.05, 0.1) is 19.6 Å². The summed E-state index contributed by atoms with van der Waals surface area (Å²) >= 11 is 5.96. The van der Waals surface area contributed by atoms with Gasteiger partial charge in [0.15, 0.2) is 0 Å². The summed E-state index contributed by atoms with van der Waals surface area (Å²) in [7, 11) is 1.64. The van der Waals surface area contributed by atoms with E-state index in [0.717, 1.165) is 41.3 Å². The van der Waals surface area contributed by atoms with Gasteiger partial charge in [0.1, 0.15) is 5.75 Å². The average molecular weight is 330 g/mol. The van der Waals surface area contributed by atoms with Gasteiger partial charge in [-0.05, 0) is 48.2 Å². The third-order valence-electron chi connectivity index (χ3n) is 4.32. The molecule has 0 radical (unpaired) electrons. The fourth-order valence-corrected chi connectivity index (χ4v) is 3.28. The van der Waals surface area contributed by atoms with Crippen molar-refractivity contribution in [3.05, 3.63) is 64.7 Å². The lowest BCUT2D eigenvalue weighted by Gasteiger charge is -2.25. The number of likely N-dealkylation sites (tertiary alicyclic amines) is 1. The van der Waals surface area contributed by atoms with E-state index in [9.17, 15) is 4.79 Å². The molecule has 1 atom stereocenters. The predicted molar refractivity (Wildman–Crippen MR) is 91.8 cm³/mol. The number of rotatable bonds is 4. The molecule has 4 heteroatoms. The maximum atomic E-state index is 12.7. The number of halogens is 1. The van der Waals surface area contributed by atoms with Crippen LogP contribution < -0.4 is 4.74 Å². The van der Waals surface area contributed by atoms with Gasteiger partial charge in [-0.3, -0.25) is 4.79 Å². The molecule has 0 N–H and O–H groups in total. The van der Waals surface area contributed by atoms with Gasteiger partial charge in [-0.2, -0.15) is 0 Å². The Bertz CT molecular complexity index is 684. The first-order valence-corrected chi connectivity index (χ1v) is 8.23. The van der Waals surface area contributed by atoms with Crippen LogP contribution in [0, 0.1) is 0 Å². The molecule has 1 fully saturated rings. The van der Waals surface area contributed by atoms with Gasteiger partial charge >= 0.3 is 0 Å². The molecule has 23 heavy (non-hydrogen) atoms. The second-order valence-electron chi connectivity index (χ2n) is 5.83. The van der Waals surface area contributed by atoms with E-state index in [0.29, 0.717) is 6.42 Å². The molecule has 0 spiro atoms. The number of nitrogens with zero attached hydrogens (tertiary/aromatic N) is 1. The first-order valence-electron chi connectivity index (χ1n) is 7.85. The maximum Gasteiger partial charge on any atom is 0.227 e. The van der Waals surface area contributed by atoms with Crippen molar-refractivity contribution < 1.29 is 9.53 Å². The number of methoxy groups -OCH3 is 1. The summed E-state index contributed by atoms with van der Waals surface area (Å²) in [5.74, 6) is 0.946. The molecule has 1 amide bonds. The highest BCUT2D eigenvalue weighted by Crippen LogP contribution is 2.33. The van der Waals surface area contributed by atoms with Crippen LogP contribution in [0.2, 0.25) is 5.02 Å². The molecule has 1 aliphatic rings. The Morgan fingerprint density at radius 2 is 2.04 bits per heavy atom. The van der Waals surface area contributed by atoms with Gasteiger partial charge in [0, 0.05) is 11.6 Å². The summed E-state index contributed by atoms with van der Waals surface area (Å²) < 4.78 is 5.23. The molecule has 2 aromatic carbocycles. The number of hydrogen-bond acceptors (Lipinski definition) is 2. The molecule has 1 heterocycles. The largest absolute Gasteiger partial charge is 0.497 e. The van der Waals surface area contributed by atoms with Crippen LogP contribution in [-0.4, -0.2) is 24.5 Å². The van der Waals surface area contributed by atoms with Crippen molar-refractivity contribution in [2.45, 2.75) is 25.3 Å². The molecule has 0 aliphatic carbocycles. The van der Waals surface area contributed by atoms with E-state index in [1.54, 1.807) is 7.11 Å². The third kappa shape index (κ3) is 3.67. The van der Waals surface area contributed by atoms with Crippen molar-refractivity contribution in [1.29, 1.82) is 0 Å². The lowest BCUT2D eigenvalue weighted by molar-refractivity contribution is -0.131. The minimum atomic E-state index is 0.158. The lowest BCUT2D eigenvalue weighted by atomic mass is 10.0. The topological polar surface area (TPSA) is 29.5 Å². The van der Waals surface area contributed by atoms with E-state index in [1.807, 2.05) is 53.4 Å². The number of carbonyl (C=O) groups is 1. The number of ether oxygens (including phenoxy) is 1. The molecule has 0 saturated carbocycles. The van der Waals surface area contributed by atoms with Crippen LogP contribution in [0.4, 0.5) is 0 Å². The Labute approximate surface area is 141 Å². The highest BCUT2D eigenvalue weighted by atomic mass is 35.5. The van der Waals surface area contributed by atoms with Crippen LogP contribution >= 0.6 is 11.6 Å². The molecule has 1 aliphatic heterocycles. The lowest BCUT2D eigenvalue weighted by Crippen LogP contribution is -2.31. The average Bonchev–Trinajstić information content (AvgIpc) is 3.05. The summed E-state index contributed by atoms with van der Waals surface area (Å²) in [5.41, 5.74) is 2.14. The van der Waals surface area contributed by atoms with Gasteiger partial charge in [-0.15, -0.1) is 0 Å². The molecule has 1 unspecified atom stereocenters. The molecule has 0 bridgehead atoms. The van der Waals surface area contributed by atoms with E-state index < -0.39 is 0 Å². The van der Waals surface area contributed by atoms with E-state index in [1.165, 1.54) is 0 Å². The number of carbonyl (C=O) groups excluding carboxylic acids is 1. The summed E-state index contributed by atoms with van der Waals surface area (Å²) in [4.78, 5) is 14.7. The molecule has 1 saturated heterocycles. The van der Waals surface area contributed by atoms with Crippen molar-refractivity contribution in [2.24, 2.45) is 0 Å². The standard InChI is InChI=1S/C19H20ClNO2/c1-23-17-5-2-4-14(12-17)13-19(22)21-11-3-6-18(21)15-7-9-16(20)10-8-15/h2,4-5,7-10,12,18H,3,6,11,13H2,1H3. The highest BCUT2D eigenvalue weighted by molar-refractivity contribution is 6.30. The second kappa shape index (κ2) is 7.05. The van der Waals surface area contributed by atoms with Crippen molar-refractivity contribution in [2.75, 3.05) is 13.7 Å². The zero-order valence-electron chi connectivity index (χ0n) is 13.2. The zero-order chi connectivity index (χ0) is 16.2. The number of hydrogen-bond donors (Lipinski definition) is 0. The molecule has 2 aromatic rings. The molecule has 120 valence electrons. The van der Waals surface area contributed by atoms with Crippen LogP contribution in [0.15, 0.2) is 48.5 Å². The van der Waals surface area contributed by atoms with Crippen LogP contribution in [0.3, 0.4) is 0 Å². The van der Waals surface area contributed by atoms with Crippen LogP contribution in [-0.2, 0) is 11.2 Å². The Kier molecular flexibility index (Phi) is 4.87. The smallest absolute Gasteiger partial charge is 0.227 e. The van der Waals surface area contributed by atoms with Crippen molar-refractivity contribution in [1.82, 2.24) is 4.90 Å². The van der Waals surface area contributed by atoms with Crippen LogP contribution in [0.5, 0.6) is 5.75 Å². The minimum Gasteiger partial charge on any atom is -0.497 e. The molecular weight excluding hydrogens is 310 g/mol. The van der Waals surface area contributed by atoms with Crippen LogP contribution in [0.1, 0.15) is 30.0 Å². The Morgan fingerprint density at radius 1 is 1.26 bits per heavy atom. The summed E-state index contributed by atoms with van der Waals surface area (Å²) in [6.45, 7) is 0.816.